The summed E-state index contributed by atoms with van der Waals surface area (Å²) < 4.78 is 1.86. The Labute approximate surface area is 129 Å². The van der Waals surface area contributed by atoms with E-state index >= 15 is 0 Å². The van der Waals surface area contributed by atoms with E-state index in [9.17, 15) is 0 Å². The average molecular weight is 302 g/mol. The fourth-order valence-electron chi connectivity index (χ4n) is 2.34. The van der Waals surface area contributed by atoms with E-state index in [1.807, 2.05) is 43.6 Å². The molecule has 0 radical (unpaired) electrons. The number of aromatic nitrogens is 3. The third-order valence-electron chi connectivity index (χ3n) is 3.46. The van der Waals surface area contributed by atoms with E-state index < -0.39 is 0 Å². The molecule has 0 saturated heterocycles. The fourth-order valence-corrected chi connectivity index (χ4v) is 2.34. The highest BCUT2D eigenvalue weighted by Crippen LogP contribution is 2.23. The van der Waals surface area contributed by atoms with Crippen molar-refractivity contribution in [3.05, 3.63) is 53.3 Å². The van der Waals surface area contributed by atoms with Crippen LogP contribution in [0.5, 0.6) is 0 Å². The van der Waals surface area contributed by atoms with Gasteiger partial charge in [-0.05, 0) is 44.2 Å². The van der Waals surface area contributed by atoms with Crippen molar-refractivity contribution in [1.29, 1.82) is 0 Å². The van der Waals surface area contributed by atoms with E-state index in [-0.39, 0.29) is 6.04 Å². The lowest BCUT2D eigenvalue weighted by Crippen LogP contribution is -2.20. The summed E-state index contributed by atoms with van der Waals surface area (Å²) in [6, 6.07) is 4.00. The molecule has 118 valence electrons. The van der Waals surface area contributed by atoms with Crippen molar-refractivity contribution >= 4 is 5.65 Å². The fraction of sp³-hybridized carbons (Fsp3) is 0.333. The zero-order valence-electron chi connectivity index (χ0n) is 13.3. The number of rotatable bonds is 6. The minimum Gasteiger partial charge on any atom is -0.414 e. The van der Waals surface area contributed by atoms with Gasteiger partial charge in [-0.1, -0.05) is 0 Å². The third-order valence-corrected chi connectivity index (χ3v) is 3.46. The highest BCUT2D eigenvalue weighted by Gasteiger charge is 2.14. The van der Waals surface area contributed by atoms with Crippen LogP contribution in [0.15, 0.2) is 47.8 Å². The number of nitrogens with zero attached hydrogens (tertiary/aromatic N) is 3. The van der Waals surface area contributed by atoms with Crippen LogP contribution in [-0.4, -0.2) is 28.7 Å². The Morgan fingerprint density at radius 3 is 2.86 bits per heavy atom. The molecule has 2 aromatic heterocycles. The van der Waals surface area contributed by atoms with Gasteiger partial charge in [0.2, 0.25) is 0 Å². The summed E-state index contributed by atoms with van der Waals surface area (Å²) in [4.78, 5) is 5.18. The van der Waals surface area contributed by atoms with Gasteiger partial charge in [-0.2, -0.15) is 5.48 Å². The molecular weight excluding hydrogens is 280 g/mol. The first kappa shape index (κ1) is 16.0. The van der Waals surface area contributed by atoms with Gasteiger partial charge in [0, 0.05) is 25.0 Å². The predicted molar refractivity (Wildman–Crippen MR) is 85.6 cm³/mol. The number of nitrogens with one attached hydrogen (secondary N) is 2. The van der Waals surface area contributed by atoms with E-state index in [1.54, 1.807) is 19.5 Å². The number of pyridine rings is 1. The maximum atomic E-state index is 6.18. The topological polar surface area (TPSA) is 89.5 Å². The number of nitrogens with two attached hydrogens (primary N) is 1. The summed E-state index contributed by atoms with van der Waals surface area (Å²) in [5.74, 6) is 0.696. The minimum atomic E-state index is -0.0136. The number of hydroxylamine groups is 1. The molecule has 2 heterocycles. The molecule has 0 aliphatic rings. The number of hydrogen-bond acceptors (Lipinski definition) is 6. The highest BCUT2D eigenvalue weighted by molar-refractivity contribution is 5.43. The molecule has 7 nitrogen and oxygen atoms in total. The lowest BCUT2D eigenvalue weighted by atomic mass is 9.99. The standard InChI is InChI=1S/C15H22N6O/c1-10(22-18-4)7-13(16)11(2)15(17-3)12-5-6-21-9-19-20-14(21)8-12/h5-9,15,17-18H,16H2,1-4H3/b10-7+,13-11-. The first-order valence-corrected chi connectivity index (χ1v) is 7.01. The molecule has 2 aromatic rings. The zero-order valence-corrected chi connectivity index (χ0v) is 13.3. The SMILES string of the molecule is CNO/C(C)=C/C(N)=C(\C)C(NC)c1ccn2cnnc2c1. The van der Waals surface area contributed by atoms with Gasteiger partial charge in [0.25, 0.3) is 0 Å². The summed E-state index contributed by atoms with van der Waals surface area (Å²) >= 11 is 0. The monoisotopic (exact) mass is 302 g/mol. The van der Waals surface area contributed by atoms with E-state index in [2.05, 4.69) is 21.0 Å². The van der Waals surface area contributed by atoms with Gasteiger partial charge in [-0.3, -0.25) is 4.40 Å². The van der Waals surface area contributed by atoms with Crippen LogP contribution in [-0.2, 0) is 4.84 Å². The van der Waals surface area contributed by atoms with Crippen molar-refractivity contribution < 1.29 is 4.84 Å². The second-order valence-electron chi connectivity index (χ2n) is 4.98. The summed E-state index contributed by atoms with van der Waals surface area (Å²) in [5.41, 5.74) is 12.3. The molecule has 0 fully saturated rings. The minimum absolute atomic E-state index is 0.0136. The van der Waals surface area contributed by atoms with Crippen molar-refractivity contribution in [2.75, 3.05) is 14.1 Å². The molecule has 0 aliphatic carbocycles. The Morgan fingerprint density at radius 1 is 1.41 bits per heavy atom. The van der Waals surface area contributed by atoms with Crippen LogP contribution in [0.2, 0.25) is 0 Å². The Kier molecular flexibility index (Phi) is 5.13. The number of allylic oxidation sites excluding steroid dienone is 2. The molecule has 1 unspecified atom stereocenters. The number of hydrogen-bond donors (Lipinski definition) is 3. The molecule has 0 saturated carbocycles. The average Bonchev–Trinajstić information content (AvgIpc) is 2.95. The van der Waals surface area contributed by atoms with Gasteiger partial charge < -0.3 is 15.9 Å². The van der Waals surface area contributed by atoms with E-state index in [0.717, 1.165) is 16.8 Å². The second-order valence-corrected chi connectivity index (χ2v) is 4.98. The maximum Gasteiger partial charge on any atom is 0.160 e. The van der Waals surface area contributed by atoms with Gasteiger partial charge in [0.1, 0.15) is 12.1 Å². The first-order valence-electron chi connectivity index (χ1n) is 7.01. The van der Waals surface area contributed by atoms with Crippen LogP contribution in [0.4, 0.5) is 0 Å². The number of fused-ring (bicyclic) bond motifs is 1. The van der Waals surface area contributed by atoms with Crippen molar-refractivity contribution in [2.24, 2.45) is 5.73 Å². The molecule has 4 N–H and O–H groups in total. The molecular formula is C15H22N6O. The molecule has 0 aromatic carbocycles. The molecule has 22 heavy (non-hydrogen) atoms. The van der Waals surface area contributed by atoms with E-state index in [1.165, 1.54) is 0 Å². The maximum absolute atomic E-state index is 6.18. The second kappa shape index (κ2) is 7.06. The molecule has 0 aliphatic heterocycles. The van der Waals surface area contributed by atoms with Crippen LogP contribution in [0, 0.1) is 0 Å². The largest absolute Gasteiger partial charge is 0.414 e. The predicted octanol–water partition coefficient (Wildman–Crippen LogP) is 1.28. The molecule has 1 atom stereocenters. The van der Waals surface area contributed by atoms with Crippen molar-refractivity contribution in [3.63, 3.8) is 0 Å². The smallest absolute Gasteiger partial charge is 0.160 e. The molecule has 0 amide bonds. The third kappa shape index (κ3) is 3.44. The van der Waals surface area contributed by atoms with Crippen molar-refractivity contribution in [3.8, 4) is 0 Å². The van der Waals surface area contributed by atoms with Crippen LogP contribution >= 0.6 is 0 Å². The van der Waals surface area contributed by atoms with Crippen LogP contribution in [0.25, 0.3) is 5.65 Å². The quantitative estimate of drug-likeness (QED) is 0.423. The summed E-state index contributed by atoms with van der Waals surface area (Å²) in [7, 11) is 3.60. The van der Waals surface area contributed by atoms with E-state index in [0.29, 0.717) is 11.5 Å². The normalized spacial score (nSPS) is 14.8. The van der Waals surface area contributed by atoms with Crippen molar-refractivity contribution in [1.82, 2.24) is 25.4 Å². The lowest BCUT2D eigenvalue weighted by molar-refractivity contribution is 0.128. The Hall–Kier alpha value is -2.38. The highest BCUT2D eigenvalue weighted by atomic mass is 16.6. The lowest BCUT2D eigenvalue weighted by Gasteiger charge is -2.19. The van der Waals surface area contributed by atoms with Crippen LogP contribution in [0.3, 0.4) is 0 Å². The summed E-state index contributed by atoms with van der Waals surface area (Å²) in [5, 5.41) is 11.2. The molecule has 7 heteroatoms. The van der Waals surface area contributed by atoms with Crippen LogP contribution in [0.1, 0.15) is 25.5 Å². The van der Waals surface area contributed by atoms with Gasteiger partial charge in [-0.15, -0.1) is 10.2 Å². The van der Waals surface area contributed by atoms with Gasteiger partial charge in [-0.25, -0.2) is 0 Å². The Bertz CT molecular complexity index is 703. The number of likely N-dealkylation sites (N-methyl/N-ethyl adjacent to an activating group) is 1. The summed E-state index contributed by atoms with van der Waals surface area (Å²) in [6.07, 6.45) is 5.40. The zero-order chi connectivity index (χ0) is 16.1. The van der Waals surface area contributed by atoms with Gasteiger partial charge in [0.05, 0.1) is 6.04 Å². The van der Waals surface area contributed by atoms with Gasteiger partial charge >= 0.3 is 0 Å². The van der Waals surface area contributed by atoms with E-state index in [4.69, 9.17) is 10.6 Å². The van der Waals surface area contributed by atoms with Crippen LogP contribution < -0.4 is 16.5 Å². The van der Waals surface area contributed by atoms with Gasteiger partial charge in [0.15, 0.2) is 5.65 Å². The molecule has 0 spiro atoms. The Balaban J connectivity index is 2.35. The summed E-state index contributed by atoms with van der Waals surface area (Å²) in [6.45, 7) is 3.83. The first-order chi connectivity index (χ1) is 10.6. The Morgan fingerprint density at radius 2 is 2.18 bits per heavy atom. The van der Waals surface area contributed by atoms with Crippen molar-refractivity contribution in [2.45, 2.75) is 19.9 Å². The molecule has 0 bridgehead atoms. The molecule has 2 rings (SSSR count).